The summed E-state index contributed by atoms with van der Waals surface area (Å²) in [6.07, 6.45) is 5.16. The first-order valence-electron chi connectivity index (χ1n) is 5.12. The monoisotopic (exact) mass is 171 g/mol. The molecule has 0 amide bonds. The van der Waals surface area contributed by atoms with Crippen LogP contribution in [0, 0.1) is 5.92 Å². The van der Waals surface area contributed by atoms with Crippen LogP contribution in [0.5, 0.6) is 0 Å². The second kappa shape index (κ2) is 2.99. The molecule has 0 aromatic rings. The normalized spacial score (nSPS) is 44.0. The summed E-state index contributed by atoms with van der Waals surface area (Å²) in [5.74, 6) is 0.593. The first-order valence-corrected chi connectivity index (χ1v) is 5.12. The molecule has 1 N–H and O–H groups in total. The van der Waals surface area contributed by atoms with Gasteiger partial charge in [0.15, 0.2) is 0 Å². The van der Waals surface area contributed by atoms with E-state index in [4.69, 9.17) is 0 Å². The number of alkyl halides is 1. The van der Waals surface area contributed by atoms with Crippen LogP contribution in [0.2, 0.25) is 0 Å². The van der Waals surface area contributed by atoms with Crippen LogP contribution in [-0.4, -0.2) is 18.3 Å². The fourth-order valence-corrected chi connectivity index (χ4v) is 2.80. The van der Waals surface area contributed by atoms with Crippen LogP contribution in [0.3, 0.4) is 0 Å². The zero-order chi connectivity index (χ0) is 8.60. The third kappa shape index (κ3) is 1.17. The van der Waals surface area contributed by atoms with Crippen LogP contribution in [0.4, 0.5) is 4.39 Å². The van der Waals surface area contributed by atoms with Gasteiger partial charge in [0.05, 0.1) is 0 Å². The van der Waals surface area contributed by atoms with Gasteiger partial charge in [0.2, 0.25) is 0 Å². The van der Waals surface area contributed by atoms with Gasteiger partial charge in [-0.1, -0.05) is 12.8 Å². The summed E-state index contributed by atoms with van der Waals surface area (Å²) < 4.78 is 13.6. The first-order chi connectivity index (χ1) is 5.73. The Morgan fingerprint density at radius 1 is 1.25 bits per heavy atom. The quantitative estimate of drug-likeness (QED) is 0.638. The van der Waals surface area contributed by atoms with Gasteiger partial charge in [-0.3, -0.25) is 0 Å². The molecule has 0 radical (unpaired) electrons. The Balaban J connectivity index is 2.07. The van der Waals surface area contributed by atoms with Crippen molar-refractivity contribution in [3.63, 3.8) is 0 Å². The summed E-state index contributed by atoms with van der Waals surface area (Å²) in [6.45, 7) is 2.94. The van der Waals surface area contributed by atoms with Crippen molar-refractivity contribution >= 4 is 0 Å². The molecule has 2 unspecified atom stereocenters. The van der Waals surface area contributed by atoms with Gasteiger partial charge in [0, 0.05) is 5.54 Å². The van der Waals surface area contributed by atoms with E-state index in [0.29, 0.717) is 12.3 Å². The fourth-order valence-electron chi connectivity index (χ4n) is 2.80. The second-order valence-corrected chi connectivity index (χ2v) is 4.45. The van der Waals surface area contributed by atoms with Gasteiger partial charge in [0.25, 0.3) is 0 Å². The van der Waals surface area contributed by atoms with E-state index in [1.807, 2.05) is 0 Å². The molecular formula is C10H18FN. The molecule has 0 spiro atoms. The van der Waals surface area contributed by atoms with Crippen molar-refractivity contribution in [1.82, 2.24) is 5.32 Å². The van der Waals surface area contributed by atoms with Gasteiger partial charge in [-0.05, 0) is 38.6 Å². The van der Waals surface area contributed by atoms with Gasteiger partial charge in [-0.15, -0.1) is 0 Å². The SMILES string of the molecule is CC1(C2CCCC2)NCCC1F. The predicted molar refractivity (Wildman–Crippen MR) is 47.9 cm³/mol. The number of nitrogens with one attached hydrogen (secondary N) is 1. The Hall–Kier alpha value is -0.110. The zero-order valence-electron chi connectivity index (χ0n) is 7.78. The molecule has 2 rings (SSSR count). The van der Waals surface area contributed by atoms with Gasteiger partial charge >= 0.3 is 0 Å². The summed E-state index contributed by atoms with van der Waals surface area (Å²) >= 11 is 0. The number of halogens is 1. The molecule has 1 aliphatic heterocycles. The average molecular weight is 171 g/mol. The maximum atomic E-state index is 13.6. The lowest BCUT2D eigenvalue weighted by Crippen LogP contribution is -2.48. The minimum atomic E-state index is -0.611. The Morgan fingerprint density at radius 2 is 1.92 bits per heavy atom. The summed E-state index contributed by atoms with van der Waals surface area (Å²) in [6, 6.07) is 0. The van der Waals surface area contributed by atoms with E-state index in [1.54, 1.807) is 0 Å². The third-order valence-electron chi connectivity index (χ3n) is 3.76. The standard InChI is InChI=1S/C10H18FN/c1-10(8-4-2-3-5-8)9(11)6-7-12-10/h8-9,12H,2-7H2,1H3. The van der Waals surface area contributed by atoms with Crippen molar-refractivity contribution in [1.29, 1.82) is 0 Å². The van der Waals surface area contributed by atoms with Crippen LogP contribution in [0.1, 0.15) is 39.0 Å². The van der Waals surface area contributed by atoms with E-state index in [9.17, 15) is 4.39 Å². The topological polar surface area (TPSA) is 12.0 Å². The van der Waals surface area contributed by atoms with E-state index >= 15 is 0 Å². The number of hydrogen-bond acceptors (Lipinski definition) is 1. The lowest BCUT2D eigenvalue weighted by atomic mass is 9.82. The Kier molecular flexibility index (Phi) is 2.11. The Morgan fingerprint density at radius 3 is 2.42 bits per heavy atom. The minimum Gasteiger partial charge on any atom is -0.309 e. The lowest BCUT2D eigenvalue weighted by molar-refractivity contribution is 0.149. The highest BCUT2D eigenvalue weighted by atomic mass is 19.1. The lowest BCUT2D eigenvalue weighted by Gasteiger charge is -2.33. The van der Waals surface area contributed by atoms with E-state index in [-0.39, 0.29) is 5.54 Å². The molecule has 1 aliphatic carbocycles. The Labute approximate surface area is 73.7 Å². The van der Waals surface area contributed by atoms with Crippen molar-refractivity contribution in [2.24, 2.45) is 5.92 Å². The molecule has 12 heavy (non-hydrogen) atoms. The van der Waals surface area contributed by atoms with Crippen molar-refractivity contribution in [3.8, 4) is 0 Å². The van der Waals surface area contributed by atoms with Crippen LogP contribution in [-0.2, 0) is 0 Å². The molecular weight excluding hydrogens is 153 g/mol. The molecule has 0 bridgehead atoms. The molecule has 0 aromatic heterocycles. The molecule has 2 atom stereocenters. The van der Waals surface area contributed by atoms with Crippen molar-refractivity contribution in [2.75, 3.05) is 6.54 Å². The van der Waals surface area contributed by atoms with Gasteiger partial charge in [-0.25, -0.2) is 4.39 Å². The maximum Gasteiger partial charge on any atom is 0.119 e. The predicted octanol–water partition coefficient (Wildman–Crippen LogP) is 2.27. The average Bonchev–Trinajstić information content (AvgIpc) is 2.62. The molecule has 70 valence electrons. The minimum absolute atomic E-state index is 0.184. The second-order valence-electron chi connectivity index (χ2n) is 4.45. The van der Waals surface area contributed by atoms with Crippen LogP contribution < -0.4 is 5.32 Å². The summed E-state index contributed by atoms with van der Waals surface area (Å²) in [5, 5.41) is 3.35. The fraction of sp³-hybridized carbons (Fsp3) is 1.00. The zero-order valence-corrected chi connectivity index (χ0v) is 7.78. The highest BCUT2D eigenvalue weighted by Gasteiger charge is 2.45. The van der Waals surface area contributed by atoms with E-state index < -0.39 is 6.17 Å². The van der Waals surface area contributed by atoms with Crippen molar-refractivity contribution in [2.45, 2.75) is 50.7 Å². The number of hydrogen-bond donors (Lipinski definition) is 1. The van der Waals surface area contributed by atoms with E-state index in [1.165, 1.54) is 25.7 Å². The molecule has 1 saturated heterocycles. The third-order valence-corrected chi connectivity index (χ3v) is 3.76. The molecule has 2 heteroatoms. The number of rotatable bonds is 1. The smallest absolute Gasteiger partial charge is 0.119 e. The van der Waals surface area contributed by atoms with Crippen LogP contribution in [0.15, 0.2) is 0 Å². The van der Waals surface area contributed by atoms with Crippen LogP contribution >= 0.6 is 0 Å². The molecule has 2 fully saturated rings. The summed E-state index contributed by atoms with van der Waals surface area (Å²) in [4.78, 5) is 0. The van der Waals surface area contributed by atoms with E-state index in [2.05, 4.69) is 12.2 Å². The van der Waals surface area contributed by atoms with Gasteiger partial charge in [0.1, 0.15) is 6.17 Å². The summed E-state index contributed by atoms with van der Waals surface area (Å²) in [7, 11) is 0. The molecule has 1 heterocycles. The Bertz CT molecular complexity index is 165. The first kappa shape index (κ1) is 8.49. The molecule has 1 nitrogen and oxygen atoms in total. The molecule has 0 aromatic carbocycles. The van der Waals surface area contributed by atoms with Crippen LogP contribution in [0.25, 0.3) is 0 Å². The highest BCUT2D eigenvalue weighted by molar-refractivity contribution is 5.02. The van der Waals surface area contributed by atoms with E-state index in [0.717, 1.165) is 6.54 Å². The molecule has 1 saturated carbocycles. The van der Waals surface area contributed by atoms with Gasteiger partial charge in [-0.2, -0.15) is 0 Å². The van der Waals surface area contributed by atoms with Crippen molar-refractivity contribution < 1.29 is 4.39 Å². The largest absolute Gasteiger partial charge is 0.309 e. The molecule has 2 aliphatic rings. The maximum absolute atomic E-state index is 13.6. The summed E-state index contributed by atoms with van der Waals surface area (Å²) in [5.41, 5.74) is -0.184. The van der Waals surface area contributed by atoms with Crippen molar-refractivity contribution in [3.05, 3.63) is 0 Å². The van der Waals surface area contributed by atoms with Gasteiger partial charge < -0.3 is 5.32 Å². The highest BCUT2D eigenvalue weighted by Crippen LogP contribution is 2.39.